The number of nitrogens with one attached hydrogen (secondary N) is 2. The average Bonchev–Trinajstić information content (AvgIpc) is 3.18. The lowest BCUT2D eigenvalue weighted by Crippen LogP contribution is -2.43. The van der Waals surface area contributed by atoms with Crippen LogP contribution < -0.4 is 15.6 Å². The highest BCUT2D eigenvalue weighted by Crippen LogP contribution is 2.15. The number of carbonyl (C=O) groups excluding carboxylic acids is 2. The second kappa shape index (κ2) is 8.18. The van der Waals surface area contributed by atoms with Crippen molar-refractivity contribution in [3.63, 3.8) is 0 Å². The van der Waals surface area contributed by atoms with Gasteiger partial charge in [0, 0.05) is 18.0 Å². The van der Waals surface area contributed by atoms with E-state index in [2.05, 4.69) is 16.0 Å². The topological polar surface area (TPSA) is 85.3 Å². The zero-order chi connectivity index (χ0) is 19.2. The van der Waals surface area contributed by atoms with E-state index < -0.39 is 11.8 Å². The molecule has 0 spiro atoms. The molecule has 2 N–H and O–H groups in total. The maximum atomic E-state index is 12.1. The van der Waals surface area contributed by atoms with Gasteiger partial charge in [-0.3, -0.25) is 20.4 Å². The van der Waals surface area contributed by atoms with Gasteiger partial charge in [0.25, 0.3) is 11.8 Å². The van der Waals surface area contributed by atoms with E-state index >= 15 is 0 Å². The quantitative estimate of drug-likeness (QED) is 0.681. The number of benzene rings is 2. The van der Waals surface area contributed by atoms with Crippen LogP contribution in [0, 0.1) is 13.8 Å². The van der Waals surface area contributed by atoms with Crippen LogP contribution in [-0.2, 0) is 4.79 Å². The first kappa shape index (κ1) is 18.2. The fraction of sp³-hybridized carbons (Fsp3) is 0.150. The van der Waals surface area contributed by atoms with Gasteiger partial charge in [0.15, 0.2) is 6.61 Å². The molecule has 7 heteroatoms. The van der Waals surface area contributed by atoms with Crippen molar-refractivity contribution in [2.24, 2.45) is 0 Å². The van der Waals surface area contributed by atoms with Crippen molar-refractivity contribution >= 4 is 11.8 Å². The molecule has 2 amide bonds. The molecule has 0 unspecified atom stereocenters. The Balaban J connectivity index is 1.49. The minimum atomic E-state index is -0.448. The Morgan fingerprint density at radius 2 is 1.74 bits per heavy atom. The second-order valence-corrected chi connectivity index (χ2v) is 6.11. The molecule has 27 heavy (non-hydrogen) atoms. The van der Waals surface area contributed by atoms with E-state index in [1.807, 2.05) is 44.3 Å². The highest BCUT2D eigenvalue weighted by Gasteiger charge is 2.09. The number of hydrazine groups is 1. The summed E-state index contributed by atoms with van der Waals surface area (Å²) in [5.74, 6) is -0.249. The molecule has 0 bridgehead atoms. The summed E-state index contributed by atoms with van der Waals surface area (Å²) in [6.45, 7) is 3.72. The zero-order valence-electron chi connectivity index (χ0n) is 15.1. The SMILES string of the molecule is Cc1cc(C)cc(OCC(=O)NNC(=O)c2ccc(-n3cccn3)cc2)c1. The van der Waals surface area contributed by atoms with Crippen LogP contribution in [0.15, 0.2) is 60.9 Å². The largest absolute Gasteiger partial charge is 0.484 e. The minimum Gasteiger partial charge on any atom is -0.484 e. The summed E-state index contributed by atoms with van der Waals surface area (Å²) in [4.78, 5) is 24.0. The molecule has 0 saturated heterocycles. The normalized spacial score (nSPS) is 10.3. The van der Waals surface area contributed by atoms with Crippen molar-refractivity contribution in [3.05, 3.63) is 77.6 Å². The van der Waals surface area contributed by atoms with E-state index in [0.717, 1.165) is 16.8 Å². The summed E-state index contributed by atoms with van der Waals surface area (Å²) >= 11 is 0. The lowest BCUT2D eigenvalue weighted by molar-refractivity contribution is -0.123. The van der Waals surface area contributed by atoms with Crippen molar-refractivity contribution in [3.8, 4) is 11.4 Å². The van der Waals surface area contributed by atoms with E-state index in [9.17, 15) is 9.59 Å². The monoisotopic (exact) mass is 364 g/mol. The van der Waals surface area contributed by atoms with Crippen LogP contribution in [-0.4, -0.2) is 28.2 Å². The predicted octanol–water partition coefficient (Wildman–Crippen LogP) is 2.33. The molecule has 0 radical (unpaired) electrons. The molecule has 138 valence electrons. The van der Waals surface area contributed by atoms with Gasteiger partial charge < -0.3 is 4.74 Å². The van der Waals surface area contributed by atoms with Crippen LogP contribution in [0.1, 0.15) is 21.5 Å². The van der Waals surface area contributed by atoms with Crippen molar-refractivity contribution in [1.82, 2.24) is 20.6 Å². The van der Waals surface area contributed by atoms with Crippen LogP contribution in [0.25, 0.3) is 5.69 Å². The molecule has 1 aromatic heterocycles. The fourth-order valence-corrected chi connectivity index (χ4v) is 2.59. The van der Waals surface area contributed by atoms with Crippen LogP contribution in [0.3, 0.4) is 0 Å². The number of aryl methyl sites for hydroxylation is 2. The third-order valence-electron chi connectivity index (χ3n) is 3.78. The van der Waals surface area contributed by atoms with Crippen LogP contribution in [0.5, 0.6) is 5.75 Å². The van der Waals surface area contributed by atoms with Gasteiger partial charge in [-0.05, 0) is 67.4 Å². The van der Waals surface area contributed by atoms with Crippen LogP contribution >= 0.6 is 0 Å². The number of rotatable bonds is 5. The second-order valence-electron chi connectivity index (χ2n) is 6.11. The number of nitrogens with zero attached hydrogens (tertiary/aromatic N) is 2. The van der Waals surface area contributed by atoms with Crippen molar-refractivity contribution in [1.29, 1.82) is 0 Å². The predicted molar refractivity (Wildman–Crippen MR) is 101 cm³/mol. The smallest absolute Gasteiger partial charge is 0.276 e. The number of carbonyl (C=O) groups is 2. The Kier molecular flexibility index (Phi) is 5.51. The van der Waals surface area contributed by atoms with E-state index in [1.54, 1.807) is 35.1 Å². The molecule has 0 aliphatic carbocycles. The van der Waals surface area contributed by atoms with Gasteiger partial charge in [-0.15, -0.1) is 0 Å². The number of ether oxygens (including phenoxy) is 1. The molecule has 0 saturated carbocycles. The maximum Gasteiger partial charge on any atom is 0.276 e. The molecule has 0 atom stereocenters. The highest BCUT2D eigenvalue weighted by atomic mass is 16.5. The molecule has 0 aliphatic heterocycles. The number of aromatic nitrogens is 2. The number of amides is 2. The Hall–Kier alpha value is -3.61. The summed E-state index contributed by atoms with van der Waals surface area (Å²) < 4.78 is 7.14. The lowest BCUT2D eigenvalue weighted by atomic mass is 10.1. The first-order valence-corrected chi connectivity index (χ1v) is 8.41. The molecule has 2 aromatic carbocycles. The summed E-state index contributed by atoms with van der Waals surface area (Å²) in [6, 6.07) is 14.4. The molecular weight excluding hydrogens is 344 g/mol. The Labute approximate surface area is 156 Å². The first-order chi connectivity index (χ1) is 13.0. The summed E-state index contributed by atoms with van der Waals surface area (Å²) in [5.41, 5.74) is 8.07. The van der Waals surface area contributed by atoms with Gasteiger partial charge in [-0.25, -0.2) is 4.68 Å². The Morgan fingerprint density at radius 3 is 2.37 bits per heavy atom. The van der Waals surface area contributed by atoms with Crippen molar-refractivity contribution in [2.75, 3.05) is 6.61 Å². The third kappa shape index (κ3) is 4.94. The fourth-order valence-electron chi connectivity index (χ4n) is 2.59. The summed E-state index contributed by atoms with van der Waals surface area (Å²) in [5, 5.41) is 4.12. The molecule has 0 fully saturated rings. The van der Waals surface area contributed by atoms with E-state index in [-0.39, 0.29) is 6.61 Å². The molecule has 3 rings (SSSR count). The first-order valence-electron chi connectivity index (χ1n) is 8.41. The lowest BCUT2D eigenvalue weighted by Gasteiger charge is -2.10. The molecule has 0 aliphatic rings. The summed E-state index contributed by atoms with van der Waals surface area (Å²) in [7, 11) is 0. The summed E-state index contributed by atoms with van der Waals surface area (Å²) in [6.07, 6.45) is 3.49. The average molecular weight is 364 g/mol. The van der Waals surface area contributed by atoms with E-state index in [0.29, 0.717) is 11.3 Å². The van der Waals surface area contributed by atoms with Gasteiger partial charge in [0.1, 0.15) is 5.75 Å². The number of hydrogen-bond acceptors (Lipinski definition) is 4. The zero-order valence-corrected chi connectivity index (χ0v) is 15.1. The third-order valence-corrected chi connectivity index (χ3v) is 3.78. The van der Waals surface area contributed by atoms with Gasteiger partial charge in [-0.2, -0.15) is 5.10 Å². The van der Waals surface area contributed by atoms with Crippen LogP contribution in [0.4, 0.5) is 0 Å². The van der Waals surface area contributed by atoms with Crippen molar-refractivity contribution < 1.29 is 14.3 Å². The molecular formula is C20H20N4O3. The van der Waals surface area contributed by atoms with E-state index in [4.69, 9.17) is 4.74 Å². The highest BCUT2D eigenvalue weighted by molar-refractivity contribution is 5.95. The van der Waals surface area contributed by atoms with Gasteiger partial charge in [0.2, 0.25) is 0 Å². The minimum absolute atomic E-state index is 0.193. The van der Waals surface area contributed by atoms with Crippen molar-refractivity contribution in [2.45, 2.75) is 13.8 Å². The molecule has 3 aromatic rings. The standard InChI is InChI=1S/C20H20N4O3/c1-14-10-15(2)12-18(11-14)27-13-19(25)22-23-20(26)16-4-6-17(7-5-16)24-9-3-8-21-24/h3-12H,13H2,1-2H3,(H,22,25)(H,23,26). The Morgan fingerprint density at radius 1 is 1.04 bits per heavy atom. The van der Waals surface area contributed by atoms with E-state index in [1.165, 1.54) is 0 Å². The Bertz CT molecular complexity index is 914. The molecule has 1 heterocycles. The van der Waals surface area contributed by atoms with Gasteiger partial charge in [0.05, 0.1) is 5.69 Å². The number of hydrogen-bond donors (Lipinski definition) is 2. The van der Waals surface area contributed by atoms with Crippen LogP contribution in [0.2, 0.25) is 0 Å². The van der Waals surface area contributed by atoms with Gasteiger partial charge >= 0.3 is 0 Å². The maximum absolute atomic E-state index is 12.1. The molecule has 7 nitrogen and oxygen atoms in total. The van der Waals surface area contributed by atoms with Gasteiger partial charge in [-0.1, -0.05) is 6.07 Å².